The molecule has 0 aliphatic rings. The molecule has 6 nitrogen and oxygen atoms in total. The predicted octanol–water partition coefficient (Wildman–Crippen LogP) is -7.62. The summed E-state index contributed by atoms with van der Waals surface area (Å²) in [5, 5.41) is 25.2. The minimum absolute atomic E-state index is 0. The van der Waals surface area contributed by atoms with Gasteiger partial charge in [-0.1, -0.05) is 82.9 Å². The van der Waals surface area contributed by atoms with Crippen LogP contribution in [0.4, 0.5) is 0 Å². The van der Waals surface area contributed by atoms with E-state index >= 15 is 0 Å². The molecule has 0 saturated carbocycles. The Morgan fingerprint density at radius 2 is 1.14 bits per heavy atom. The summed E-state index contributed by atoms with van der Waals surface area (Å²) in [5.41, 5.74) is 0. The standard InChI is InChI=1S/C18H30O3S.BO3.3Na/c1-2-3-4-5-6-7-8-9-10-14-17-21-22(19,20)18-15-12-11-13-16-18;2-1(3)4;;;/h11-13,15-16H,2-10,14,17H2,1H3;;;;/q;-3;3*+1. The summed E-state index contributed by atoms with van der Waals surface area (Å²) in [5.74, 6) is 0. The summed E-state index contributed by atoms with van der Waals surface area (Å²) in [6, 6.07) is 8.33. The van der Waals surface area contributed by atoms with Crippen molar-refractivity contribution in [2.45, 2.75) is 76.0 Å². The number of hydrogen-bond donors (Lipinski definition) is 0. The molecule has 0 amide bonds. The molecular weight excluding hydrogens is 424 g/mol. The van der Waals surface area contributed by atoms with E-state index < -0.39 is 17.4 Å². The fraction of sp³-hybridized carbons (Fsp3) is 0.667. The summed E-state index contributed by atoms with van der Waals surface area (Å²) < 4.78 is 28.8. The van der Waals surface area contributed by atoms with Crippen LogP contribution in [0, 0.1) is 0 Å². The molecule has 0 aliphatic heterocycles. The summed E-state index contributed by atoms with van der Waals surface area (Å²) >= 11 is 0. The van der Waals surface area contributed by atoms with E-state index in [-0.39, 0.29) is 100 Å². The second-order valence-corrected chi connectivity index (χ2v) is 7.68. The zero-order valence-corrected chi connectivity index (χ0v) is 25.4. The zero-order valence-electron chi connectivity index (χ0n) is 18.6. The van der Waals surface area contributed by atoms with Crippen molar-refractivity contribution in [1.29, 1.82) is 0 Å². The molecule has 0 unspecified atom stereocenters. The van der Waals surface area contributed by atoms with Gasteiger partial charge in [0.15, 0.2) is 0 Å². The summed E-state index contributed by atoms with van der Waals surface area (Å²) in [6.07, 6.45) is 12.3. The Balaban J connectivity index is -0.000000408. The van der Waals surface area contributed by atoms with Crippen LogP contribution in [0.25, 0.3) is 0 Å². The Labute approximate surface area is 243 Å². The molecule has 1 aromatic carbocycles. The van der Waals surface area contributed by atoms with Crippen LogP contribution in [0.1, 0.15) is 71.1 Å². The van der Waals surface area contributed by atoms with Crippen LogP contribution in [0.2, 0.25) is 0 Å². The molecule has 0 aromatic heterocycles. The molecule has 29 heavy (non-hydrogen) atoms. The maximum atomic E-state index is 11.9. The van der Waals surface area contributed by atoms with Crippen LogP contribution in [0.5, 0.6) is 0 Å². The SMILES string of the molecule is CCCCCCCCCCCCOS(=O)(=O)c1ccccc1.[Na+].[Na+].[Na+].[O-]B([O-])[O-]. The minimum Gasteiger partial charge on any atom is -0.907 e. The van der Waals surface area contributed by atoms with Gasteiger partial charge >= 0.3 is 88.7 Å². The molecule has 11 heteroatoms. The number of unbranched alkanes of at least 4 members (excludes halogenated alkanes) is 9. The van der Waals surface area contributed by atoms with Gasteiger partial charge in [0.2, 0.25) is 0 Å². The van der Waals surface area contributed by atoms with E-state index in [9.17, 15) is 8.42 Å². The average molecular weight is 454 g/mol. The van der Waals surface area contributed by atoms with Gasteiger partial charge in [0.25, 0.3) is 10.1 Å². The molecule has 0 atom stereocenters. The smallest absolute Gasteiger partial charge is 0.907 e. The minimum atomic E-state index is -3.57. The number of benzene rings is 1. The first kappa shape index (κ1) is 38.3. The Bertz CT molecular complexity index is 533. The van der Waals surface area contributed by atoms with Crippen LogP contribution < -0.4 is 104 Å². The predicted molar refractivity (Wildman–Crippen MR) is 97.2 cm³/mol. The van der Waals surface area contributed by atoms with Crippen LogP contribution in [0.3, 0.4) is 0 Å². The second kappa shape index (κ2) is 26.3. The fourth-order valence-electron chi connectivity index (χ4n) is 2.41. The zero-order chi connectivity index (χ0) is 19.7. The van der Waals surface area contributed by atoms with Crippen LogP contribution >= 0.6 is 0 Å². The van der Waals surface area contributed by atoms with Crippen molar-refractivity contribution in [1.82, 2.24) is 0 Å². The maximum Gasteiger partial charge on any atom is 1.00 e. The second-order valence-electron chi connectivity index (χ2n) is 6.06. The maximum absolute atomic E-state index is 11.9. The van der Waals surface area contributed by atoms with Crippen LogP contribution in [-0.2, 0) is 14.3 Å². The molecule has 0 aliphatic carbocycles. The van der Waals surface area contributed by atoms with Crippen molar-refractivity contribution in [3.05, 3.63) is 30.3 Å². The molecule has 150 valence electrons. The third kappa shape index (κ3) is 26.2. The van der Waals surface area contributed by atoms with Crippen LogP contribution in [0.15, 0.2) is 35.2 Å². The summed E-state index contributed by atoms with van der Waals surface area (Å²) in [6.45, 7) is 2.52. The fourth-order valence-corrected chi connectivity index (χ4v) is 3.38. The van der Waals surface area contributed by atoms with E-state index in [2.05, 4.69) is 6.92 Å². The van der Waals surface area contributed by atoms with E-state index in [1.54, 1.807) is 30.3 Å². The van der Waals surface area contributed by atoms with E-state index in [4.69, 9.17) is 19.3 Å². The first-order chi connectivity index (χ1) is 12.4. The largest absolute Gasteiger partial charge is 1.00 e. The van der Waals surface area contributed by atoms with Crippen molar-refractivity contribution in [3.63, 3.8) is 0 Å². The van der Waals surface area contributed by atoms with Crippen molar-refractivity contribution < 1.29 is 116 Å². The molecule has 0 fully saturated rings. The molecule has 1 aromatic rings. The van der Waals surface area contributed by atoms with Gasteiger partial charge in [-0.25, -0.2) is 0 Å². The quantitative estimate of drug-likeness (QED) is 0.166. The van der Waals surface area contributed by atoms with Crippen molar-refractivity contribution in [2.24, 2.45) is 0 Å². The first-order valence-electron chi connectivity index (χ1n) is 9.32. The van der Waals surface area contributed by atoms with E-state index in [0.29, 0.717) is 0 Å². The van der Waals surface area contributed by atoms with Crippen LogP contribution in [-0.4, -0.2) is 22.3 Å². The molecule has 0 heterocycles. The normalized spacial score (nSPS) is 9.79. The molecule has 0 saturated heterocycles. The van der Waals surface area contributed by atoms with Crippen molar-refractivity contribution >= 4 is 17.4 Å². The summed E-state index contributed by atoms with van der Waals surface area (Å²) in [7, 11) is -6.49. The Morgan fingerprint density at radius 3 is 1.55 bits per heavy atom. The van der Waals surface area contributed by atoms with Gasteiger partial charge in [-0.15, -0.1) is 0 Å². The molecule has 0 radical (unpaired) electrons. The Kier molecular flexibility index (Phi) is 34.8. The van der Waals surface area contributed by atoms with E-state index in [1.165, 1.54) is 51.4 Å². The van der Waals surface area contributed by atoms with Gasteiger partial charge in [0, 0.05) is 0 Å². The van der Waals surface area contributed by atoms with E-state index in [0.717, 1.165) is 12.8 Å². The van der Waals surface area contributed by atoms with Crippen molar-refractivity contribution in [3.8, 4) is 0 Å². The molecule has 0 N–H and O–H groups in total. The third-order valence-corrected chi connectivity index (χ3v) is 5.09. The van der Waals surface area contributed by atoms with Gasteiger partial charge in [-0.3, -0.25) is 11.5 Å². The Hall–Kier alpha value is 2.07. The monoisotopic (exact) mass is 454 g/mol. The summed E-state index contributed by atoms with van der Waals surface area (Å²) in [4.78, 5) is 0.238. The van der Waals surface area contributed by atoms with Gasteiger partial charge in [-0.2, -0.15) is 8.42 Å². The number of rotatable bonds is 13. The Morgan fingerprint density at radius 1 is 0.759 bits per heavy atom. The molecule has 0 spiro atoms. The van der Waals surface area contributed by atoms with Gasteiger partial charge in [-0.05, 0) is 18.6 Å². The molecule has 0 bridgehead atoms. The van der Waals surface area contributed by atoms with Gasteiger partial charge < -0.3 is 15.1 Å². The van der Waals surface area contributed by atoms with Gasteiger partial charge in [0.05, 0.1) is 11.5 Å². The topological polar surface area (TPSA) is 113 Å². The van der Waals surface area contributed by atoms with E-state index in [1.807, 2.05) is 0 Å². The number of hydrogen-bond acceptors (Lipinski definition) is 6. The third-order valence-electron chi connectivity index (χ3n) is 3.77. The average Bonchev–Trinajstić information content (AvgIpc) is 2.60. The molecule has 1 rings (SSSR count). The molecular formula is C18H30BNa3O6S. The first-order valence-corrected chi connectivity index (χ1v) is 10.7. The van der Waals surface area contributed by atoms with Gasteiger partial charge in [0.1, 0.15) is 0 Å². The van der Waals surface area contributed by atoms with Crippen molar-refractivity contribution in [2.75, 3.05) is 6.61 Å².